The number of carbonyl (C=O) groups excluding carboxylic acids is 1. The summed E-state index contributed by atoms with van der Waals surface area (Å²) in [6.07, 6.45) is 5.28. The number of halogens is 2. The van der Waals surface area contributed by atoms with Crippen LogP contribution in [0, 0.1) is 11.6 Å². The van der Waals surface area contributed by atoms with E-state index in [4.69, 9.17) is 5.73 Å². The third kappa shape index (κ3) is 4.24. The van der Waals surface area contributed by atoms with Crippen LogP contribution >= 0.6 is 0 Å². The predicted molar refractivity (Wildman–Crippen MR) is 77.5 cm³/mol. The molecule has 0 saturated heterocycles. The van der Waals surface area contributed by atoms with E-state index in [0.717, 1.165) is 31.7 Å². The molecule has 1 amide bonds. The van der Waals surface area contributed by atoms with E-state index in [0.29, 0.717) is 5.56 Å². The Hall–Kier alpha value is -1.49. The Morgan fingerprint density at radius 3 is 2.57 bits per heavy atom. The summed E-state index contributed by atoms with van der Waals surface area (Å²) in [5, 5.41) is 0. The third-order valence-corrected chi connectivity index (χ3v) is 4.20. The minimum Gasteiger partial charge on any atom is -0.341 e. The topological polar surface area (TPSA) is 46.3 Å². The molecule has 0 heterocycles. The van der Waals surface area contributed by atoms with Gasteiger partial charge in [-0.3, -0.25) is 4.79 Å². The molecule has 0 aromatic heterocycles. The molecule has 5 heteroatoms. The molecule has 21 heavy (non-hydrogen) atoms. The van der Waals surface area contributed by atoms with E-state index in [1.807, 2.05) is 0 Å². The zero-order chi connectivity index (χ0) is 15.5. The van der Waals surface area contributed by atoms with Crippen LogP contribution in [0.4, 0.5) is 8.78 Å². The van der Waals surface area contributed by atoms with Crippen LogP contribution in [0.15, 0.2) is 18.2 Å². The van der Waals surface area contributed by atoms with Crippen molar-refractivity contribution in [2.75, 3.05) is 7.05 Å². The van der Waals surface area contributed by atoms with Gasteiger partial charge in [0.15, 0.2) is 0 Å². The van der Waals surface area contributed by atoms with Gasteiger partial charge >= 0.3 is 0 Å². The number of nitrogens with zero attached hydrogens (tertiary/aromatic N) is 1. The lowest BCUT2D eigenvalue weighted by Crippen LogP contribution is -2.46. The molecule has 1 saturated carbocycles. The number of nitrogens with two attached hydrogens (primary N) is 1. The van der Waals surface area contributed by atoms with Crippen molar-refractivity contribution in [3.05, 3.63) is 35.4 Å². The third-order valence-electron chi connectivity index (χ3n) is 4.20. The van der Waals surface area contributed by atoms with Crippen molar-refractivity contribution in [3.63, 3.8) is 0 Å². The van der Waals surface area contributed by atoms with Crippen LogP contribution in [0.1, 0.15) is 44.1 Å². The lowest BCUT2D eigenvalue weighted by Gasteiger charge is -2.34. The van der Waals surface area contributed by atoms with Gasteiger partial charge in [0, 0.05) is 37.2 Å². The summed E-state index contributed by atoms with van der Waals surface area (Å²) in [4.78, 5) is 13.7. The molecule has 2 rings (SSSR count). The zero-order valence-electron chi connectivity index (χ0n) is 12.4. The van der Waals surface area contributed by atoms with Gasteiger partial charge in [-0.15, -0.1) is 0 Å². The SMILES string of the molecule is CN(Cc1ccc(F)cc1F)C(=O)CC1(N)CCCCC1. The second kappa shape index (κ2) is 6.52. The second-order valence-corrected chi connectivity index (χ2v) is 6.09. The van der Waals surface area contributed by atoms with E-state index in [9.17, 15) is 13.6 Å². The molecule has 0 atom stereocenters. The maximum absolute atomic E-state index is 13.6. The first kappa shape index (κ1) is 15.9. The standard InChI is InChI=1S/C16H22F2N2O/c1-20(11-12-5-6-13(17)9-14(12)18)15(21)10-16(19)7-3-2-4-8-16/h5-6,9H,2-4,7-8,10-11,19H2,1H3. The number of rotatable bonds is 4. The quantitative estimate of drug-likeness (QED) is 0.928. The molecule has 1 fully saturated rings. The molecule has 1 aromatic carbocycles. The molecular weight excluding hydrogens is 274 g/mol. The smallest absolute Gasteiger partial charge is 0.224 e. The largest absolute Gasteiger partial charge is 0.341 e. The summed E-state index contributed by atoms with van der Waals surface area (Å²) < 4.78 is 26.5. The average Bonchev–Trinajstić information content (AvgIpc) is 2.42. The van der Waals surface area contributed by atoms with Gasteiger partial charge in [0.2, 0.25) is 5.91 Å². The normalized spacial score (nSPS) is 17.5. The first-order valence-electron chi connectivity index (χ1n) is 7.36. The van der Waals surface area contributed by atoms with Crippen LogP contribution in [0.5, 0.6) is 0 Å². The summed E-state index contributed by atoms with van der Waals surface area (Å²) in [7, 11) is 1.62. The molecular formula is C16H22F2N2O. The fourth-order valence-electron chi connectivity index (χ4n) is 2.86. The minimum atomic E-state index is -0.630. The van der Waals surface area contributed by atoms with Gasteiger partial charge in [0.25, 0.3) is 0 Å². The summed E-state index contributed by atoms with van der Waals surface area (Å²) in [5.41, 5.74) is 6.15. The van der Waals surface area contributed by atoms with Crippen molar-refractivity contribution in [2.24, 2.45) is 5.73 Å². The molecule has 1 aromatic rings. The molecule has 1 aliphatic rings. The lowest BCUT2D eigenvalue weighted by atomic mass is 9.80. The van der Waals surface area contributed by atoms with Crippen molar-refractivity contribution in [1.29, 1.82) is 0 Å². The number of benzene rings is 1. The first-order valence-corrected chi connectivity index (χ1v) is 7.36. The van der Waals surface area contributed by atoms with E-state index in [2.05, 4.69) is 0 Å². The zero-order valence-corrected chi connectivity index (χ0v) is 12.4. The van der Waals surface area contributed by atoms with Gasteiger partial charge in [-0.05, 0) is 18.9 Å². The van der Waals surface area contributed by atoms with Crippen LogP contribution in [0.3, 0.4) is 0 Å². The van der Waals surface area contributed by atoms with Crippen LogP contribution < -0.4 is 5.73 Å². The molecule has 0 spiro atoms. The maximum Gasteiger partial charge on any atom is 0.224 e. The first-order chi connectivity index (χ1) is 9.89. The highest BCUT2D eigenvalue weighted by Gasteiger charge is 2.31. The van der Waals surface area contributed by atoms with Crippen LogP contribution in [0.2, 0.25) is 0 Å². The van der Waals surface area contributed by atoms with Gasteiger partial charge in [0.1, 0.15) is 11.6 Å². The average molecular weight is 296 g/mol. The number of amides is 1. The van der Waals surface area contributed by atoms with E-state index in [1.165, 1.54) is 23.5 Å². The van der Waals surface area contributed by atoms with Crippen molar-refractivity contribution in [1.82, 2.24) is 4.90 Å². The lowest BCUT2D eigenvalue weighted by molar-refractivity contribution is -0.132. The van der Waals surface area contributed by atoms with Gasteiger partial charge in [-0.25, -0.2) is 8.78 Å². The Kier molecular flexibility index (Phi) is 4.93. The molecule has 1 aliphatic carbocycles. The van der Waals surface area contributed by atoms with Gasteiger partial charge in [-0.1, -0.05) is 25.3 Å². The Labute approximate surface area is 124 Å². The number of hydrogen-bond donors (Lipinski definition) is 1. The van der Waals surface area contributed by atoms with Crippen LogP contribution in [-0.4, -0.2) is 23.4 Å². The summed E-state index contributed by atoms with van der Waals surface area (Å²) in [5.74, 6) is -1.34. The van der Waals surface area contributed by atoms with Crippen molar-refractivity contribution < 1.29 is 13.6 Å². The van der Waals surface area contributed by atoms with Gasteiger partial charge in [-0.2, -0.15) is 0 Å². The Morgan fingerprint density at radius 2 is 1.95 bits per heavy atom. The van der Waals surface area contributed by atoms with E-state index < -0.39 is 17.2 Å². The Bertz CT molecular complexity index is 513. The predicted octanol–water partition coefficient (Wildman–Crippen LogP) is 2.97. The van der Waals surface area contributed by atoms with Gasteiger partial charge < -0.3 is 10.6 Å². The summed E-state index contributed by atoms with van der Waals surface area (Å²) in [6, 6.07) is 3.40. The molecule has 0 radical (unpaired) electrons. The molecule has 0 aliphatic heterocycles. The second-order valence-electron chi connectivity index (χ2n) is 6.09. The Balaban J connectivity index is 1.96. The van der Waals surface area contributed by atoms with Crippen molar-refractivity contribution >= 4 is 5.91 Å². The van der Waals surface area contributed by atoms with E-state index in [-0.39, 0.29) is 18.9 Å². The molecule has 0 bridgehead atoms. The highest BCUT2D eigenvalue weighted by atomic mass is 19.1. The summed E-state index contributed by atoms with van der Waals surface area (Å²) in [6.45, 7) is 0.126. The highest BCUT2D eigenvalue weighted by molar-refractivity contribution is 5.77. The van der Waals surface area contributed by atoms with Crippen molar-refractivity contribution in [2.45, 2.75) is 50.6 Å². The number of hydrogen-bond acceptors (Lipinski definition) is 2. The fourth-order valence-corrected chi connectivity index (χ4v) is 2.86. The molecule has 116 valence electrons. The Morgan fingerprint density at radius 1 is 1.29 bits per heavy atom. The summed E-state index contributed by atoms with van der Waals surface area (Å²) >= 11 is 0. The molecule has 3 nitrogen and oxygen atoms in total. The minimum absolute atomic E-state index is 0.0943. The van der Waals surface area contributed by atoms with Gasteiger partial charge in [0.05, 0.1) is 0 Å². The molecule has 2 N–H and O–H groups in total. The fraction of sp³-hybridized carbons (Fsp3) is 0.562. The van der Waals surface area contributed by atoms with E-state index >= 15 is 0 Å². The van der Waals surface area contributed by atoms with Crippen LogP contribution in [0.25, 0.3) is 0 Å². The molecule has 0 unspecified atom stereocenters. The highest BCUT2D eigenvalue weighted by Crippen LogP contribution is 2.29. The van der Waals surface area contributed by atoms with E-state index in [1.54, 1.807) is 7.05 Å². The van der Waals surface area contributed by atoms with Crippen molar-refractivity contribution in [3.8, 4) is 0 Å². The number of carbonyl (C=O) groups is 1. The van der Waals surface area contributed by atoms with Crippen LogP contribution in [-0.2, 0) is 11.3 Å². The maximum atomic E-state index is 13.6. The monoisotopic (exact) mass is 296 g/mol.